The molecule has 0 aliphatic carbocycles. The van der Waals surface area contributed by atoms with Crippen molar-refractivity contribution in [1.29, 1.82) is 0 Å². The molecule has 1 atom stereocenters. The van der Waals surface area contributed by atoms with Crippen molar-refractivity contribution >= 4 is 5.69 Å². The molecule has 0 heterocycles. The van der Waals surface area contributed by atoms with E-state index in [1.165, 1.54) is 22.4 Å². The van der Waals surface area contributed by atoms with E-state index in [9.17, 15) is 0 Å². The Morgan fingerprint density at radius 1 is 1.28 bits per heavy atom. The fraction of sp³-hybridized carbons (Fsp3) is 0.600. The fourth-order valence-corrected chi connectivity index (χ4v) is 2.13. The summed E-state index contributed by atoms with van der Waals surface area (Å²) in [7, 11) is 1.73. The van der Waals surface area contributed by atoms with Gasteiger partial charge in [0.2, 0.25) is 0 Å². The van der Waals surface area contributed by atoms with Crippen LogP contribution in [0.5, 0.6) is 5.75 Å². The number of ether oxygens (including phenoxy) is 1. The molecular formula is C15H26N2O. The van der Waals surface area contributed by atoms with E-state index < -0.39 is 0 Å². The minimum Gasteiger partial charge on any atom is -0.496 e. The van der Waals surface area contributed by atoms with Crippen LogP contribution in [0.3, 0.4) is 0 Å². The first-order valence-electron chi connectivity index (χ1n) is 6.60. The highest BCUT2D eigenvalue weighted by molar-refractivity contribution is 5.61. The number of nitrogens with one attached hydrogen (secondary N) is 1. The summed E-state index contributed by atoms with van der Waals surface area (Å²) in [4.78, 5) is 0. The van der Waals surface area contributed by atoms with Gasteiger partial charge in [-0.2, -0.15) is 0 Å². The van der Waals surface area contributed by atoms with Crippen molar-refractivity contribution < 1.29 is 4.74 Å². The van der Waals surface area contributed by atoms with Crippen LogP contribution in [0.1, 0.15) is 30.0 Å². The molecule has 0 bridgehead atoms. The third kappa shape index (κ3) is 3.39. The maximum atomic E-state index is 5.62. The van der Waals surface area contributed by atoms with Gasteiger partial charge in [-0.1, -0.05) is 6.92 Å². The summed E-state index contributed by atoms with van der Waals surface area (Å²) in [6, 6.07) is 2.16. The molecule has 1 rings (SSSR count). The van der Waals surface area contributed by atoms with Crippen LogP contribution in [0.4, 0.5) is 5.69 Å². The van der Waals surface area contributed by atoms with Gasteiger partial charge in [0.1, 0.15) is 5.75 Å². The number of hydrogen-bond acceptors (Lipinski definition) is 3. The summed E-state index contributed by atoms with van der Waals surface area (Å²) in [5.74, 6) is 1.56. The van der Waals surface area contributed by atoms with E-state index in [1.807, 2.05) is 0 Å². The highest BCUT2D eigenvalue weighted by Gasteiger charge is 2.10. The van der Waals surface area contributed by atoms with E-state index in [0.29, 0.717) is 5.92 Å². The average Bonchev–Trinajstić information content (AvgIpc) is 2.35. The fourth-order valence-electron chi connectivity index (χ4n) is 2.13. The number of nitrogens with two attached hydrogens (primary N) is 1. The molecule has 0 spiro atoms. The smallest absolute Gasteiger partial charge is 0.125 e. The molecule has 1 aromatic rings. The number of benzene rings is 1. The zero-order valence-corrected chi connectivity index (χ0v) is 12.3. The third-order valence-electron chi connectivity index (χ3n) is 3.59. The van der Waals surface area contributed by atoms with Gasteiger partial charge in [-0.3, -0.25) is 0 Å². The van der Waals surface area contributed by atoms with E-state index in [1.54, 1.807) is 7.11 Å². The van der Waals surface area contributed by atoms with E-state index in [0.717, 1.165) is 25.3 Å². The lowest BCUT2D eigenvalue weighted by Crippen LogP contribution is -2.15. The second-order valence-electron chi connectivity index (χ2n) is 5.08. The summed E-state index contributed by atoms with van der Waals surface area (Å²) >= 11 is 0. The van der Waals surface area contributed by atoms with Crippen LogP contribution in [0.25, 0.3) is 0 Å². The van der Waals surface area contributed by atoms with E-state index in [2.05, 4.69) is 39.1 Å². The summed E-state index contributed by atoms with van der Waals surface area (Å²) in [6.45, 7) is 10.2. The average molecular weight is 250 g/mol. The SMILES string of the molecule is COc1c(C)cc(NCCC(C)CN)c(C)c1C. The second kappa shape index (κ2) is 6.64. The minimum absolute atomic E-state index is 0.568. The highest BCUT2D eigenvalue weighted by atomic mass is 16.5. The van der Waals surface area contributed by atoms with Crippen LogP contribution in [0, 0.1) is 26.7 Å². The topological polar surface area (TPSA) is 47.3 Å². The van der Waals surface area contributed by atoms with Gasteiger partial charge < -0.3 is 15.8 Å². The molecule has 0 aromatic heterocycles. The number of rotatable bonds is 6. The van der Waals surface area contributed by atoms with E-state index in [-0.39, 0.29) is 0 Å². The van der Waals surface area contributed by atoms with Crippen molar-refractivity contribution in [2.45, 2.75) is 34.1 Å². The maximum Gasteiger partial charge on any atom is 0.125 e. The normalized spacial score (nSPS) is 12.3. The Hall–Kier alpha value is -1.22. The molecule has 0 radical (unpaired) electrons. The van der Waals surface area contributed by atoms with Crippen molar-refractivity contribution in [2.24, 2.45) is 11.7 Å². The largest absolute Gasteiger partial charge is 0.496 e. The lowest BCUT2D eigenvalue weighted by Gasteiger charge is -2.17. The molecule has 3 nitrogen and oxygen atoms in total. The van der Waals surface area contributed by atoms with Crippen molar-refractivity contribution in [3.63, 3.8) is 0 Å². The van der Waals surface area contributed by atoms with Gasteiger partial charge in [0, 0.05) is 12.2 Å². The molecule has 1 unspecified atom stereocenters. The molecule has 18 heavy (non-hydrogen) atoms. The summed E-state index contributed by atoms with van der Waals surface area (Å²) in [5.41, 5.74) is 10.5. The molecule has 3 heteroatoms. The third-order valence-corrected chi connectivity index (χ3v) is 3.59. The quantitative estimate of drug-likeness (QED) is 0.816. The highest BCUT2D eigenvalue weighted by Crippen LogP contribution is 2.31. The number of aryl methyl sites for hydroxylation is 1. The van der Waals surface area contributed by atoms with Crippen LogP contribution in [0.15, 0.2) is 6.07 Å². The predicted molar refractivity (Wildman–Crippen MR) is 78.5 cm³/mol. The Labute approximate surface area is 111 Å². The zero-order valence-electron chi connectivity index (χ0n) is 12.3. The van der Waals surface area contributed by atoms with Crippen molar-refractivity contribution in [2.75, 3.05) is 25.5 Å². The van der Waals surface area contributed by atoms with Crippen molar-refractivity contribution in [3.8, 4) is 5.75 Å². The Morgan fingerprint density at radius 3 is 2.50 bits per heavy atom. The van der Waals surface area contributed by atoms with Gasteiger partial charge >= 0.3 is 0 Å². The van der Waals surface area contributed by atoms with Crippen LogP contribution in [-0.4, -0.2) is 20.2 Å². The number of anilines is 1. The van der Waals surface area contributed by atoms with Gasteiger partial charge in [0.25, 0.3) is 0 Å². The van der Waals surface area contributed by atoms with Crippen LogP contribution >= 0.6 is 0 Å². The first-order chi connectivity index (χ1) is 8.51. The number of methoxy groups -OCH3 is 1. The molecule has 0 fully saturated rings. The van der Waals surface area contributed by atoms with Crippen LogP contribution < -0.4 is 15.8 Å². The predicted octanol–water partition coefficient (Wildman–Crippen LogP) is 3.02. The maximum absolute atomic E-state index is 5.62. The first-order valence-corrected chi connectivity index (χ1v) is 6.60. The van der Waals surface area contributed by atoms with Crippen LogP contribution in [0.2, 0.25) is 0 Å². The zero-order chi connectivity index (χ0) is 13.7. The Bertz CT molecular complexity index is 402. The summed E-state index contributed by atoms with van der Waals surface area (Å²) in [5, 5.41) is 3.50. The van der Waals surface area contributed by atoms with Crippen molar-refractivity contribution in [3.05, 3.63) is 22.8 Å². The summed E-state index contributed by atoms with van der Waals surface area (Å²) in [6.07, 6.45) is 1.10. The standard InChI is InChI=1S/C15H26N2O/c1-10(9-16)6-7-17-14-8-11(2)15(18-5)13(4)12(14)3/h8,10,17H,6-7,9,16H2,1-5H3. The van der Waals surface area contributed by atoms with Crippen LogP contribution in [-0.2, 0) is 0 Å². The van der Waals surface area contributed by atoms with Gasteiger partial charge in [-0.25, -0.2) is 0 Å². The Morgan fingerprint density at radius 2 is 1.94 bits per heavy atom. The Kier molecular flexibility index (Phi) is 5.48. The molecule has 102 valence electrons. The monoisotopic (exact) mass is 250 g/mol. The van der Waals surface area contributed by atoms with Gasteiger partial charge in [-0.05, 0) is 62.4 Å². The molecule has 3 N–H and O–H groups in total. The van der Waals surface area contributed by atoms with E-state index >= 15 is 0 Å². The molecular weight excluding hydrogens is 224 g/mol. The minimum atomic E-state index is 0.568. The lowest BCUT2D eigenvalue weighted by molar-refractivity contribution is 0.408. The van der Waals surface area contributed by atoms with Gasteiger partial charge in [0.15, 0.2) is 0 Å². The second-order valence-corrected chi connectivity index (χ2v) is 5.08. The summed E-state index contributed by atoms with van der Waals surface area (Å²) < 4.78 is 5.43. The van der Waals surface area contributed by atoms with Gasteiger partial charge in [0.05, 0.1) is 7.11 Å². The number of hydrogen-bond donors (Lipinski definition) is 2. The molecule has 0 aliphatic rings. The molecule has 0 saturated carbocycles. The molecule has 1 aromatic carbocycles. The van der Waals surface area contributed by atoms with Crippen molar-refractivity contribution in [1.82, 2.24) is 0 Å². The molecule has 0 amide bonds. The molecule has 0 saturated heterocycles. The first kappa shape index (κ1) is 14.8. The lowest BCUT2D eigenvalue weighted by atomic mass is 10.0. The van der Waals surface area contributed by atoms with E-state index in [4.69, 9.17) is 10.5 Å². The molecule has 0 aliphatic heterocycles. The Balaban J connectivity index is 2.78. The van der Waals surface area contributed by atoms with Gasteiger partial charge in [-0.15, -0.1) is 0 Å².